The molecule has 1 amide bonds. The first kappa shape index (κ1) is 17.4. The van der Waals surface area contributed by atoms with Gasteiger partial charge in [0.25, 0.3) is 0 Å². The van der Waals surface area contributed by atoms with Crippen molar-refractivity contribution < 1.29 is 13.9 Å². The molecule has 0 radical (unpaired) electrons. The van der Waals surface area contributed by atoms with Crippen molar-refractivity contribution >= 4 is 23.1 Å². The van der Waals surface area contributed by atoms with E-state index in [1.54, 1.807) is 37.6 Å². The fourth-order valence-electron chi connectivity index (χ4n) is 2.38. The van der Waals surface area contributed by atoms with Crippen LogP contribution in [0.25, 0.3) is 0 Å². The van der Waals surface area contributed by atoms with Gasteiger partial charge in [0.15, 0.2) is 0 Å². The van der Waals surface area contributed by atoms with Crippen LogP contribution < -0.4 is 15.4 Å². The molecular formula is C20H18FN3O2. The monoisotopic (exact) mass is 351 g/mol. The number of halogens is 1. The lowest BCUT2D eigenvalue weighted by atomic mass is 10.1. The number of rotatable bonds is 6. The largest absolute Gasteiger partial charge is 0.497 e. The van der Waals surface area contributed by atoms with Crippen LogP contribution in [0.2, 0.25) is 0 Å². The molecule has 0 aliphatic carbocycles. The zero-order valence-electron chi connectivity index (χ0n) is 14.2. The number of nitrogens with one attached hydrogen (secondary N) is 2. The van der Waals surface area contributed by atoms with Gasteiger partial charge in [-0.1, -0.05) is 18.2 Å². The number of ether oxygens (including phenoxy) is 1. The first-order chi connectivity index (χ1) is 12.6. The number of anilines is 3. The summed E-state index contributed by atoms with van der Waals surface area (Å²) in [6.45, 7) is 0. The van der Waals surface area contributed by atoms with Gasteiger partial charge in [-0.25, -0.2) is 9.37 Å². The van der Waals surface area contributed by atoms with Crippen molar-refractivity contribution in [2.45, 2.75) is 6.42 Å². The molecule has 0 aliphatic rings. The van der Waals surface area contributed by atoms with Crippen molar-refractivity contribution in [3.63, 3.8) is 0 Å². The Morgan fingerprint density at radius 2 is 1.88 bits per heavy atom. The van der Waals surface area contributed by atoms with E-state index < -0.39 is 0 Å². The molecule has 0 atom stereocenters. The van der Waals surface area contributed by atoms with E-state index in [4.69, 9.17) is 4.74 Å². The number of hydrogen-bond acceptors (Lipinski definition) is 4. The summed E-state index contributed by atoms with van der Waals surface area (Å²) in [5.41, 5.74) is 2.19. The third-order valence-corrected chi connectivity index (χ3v) is 3.67. The maximum absolute atomic E-state index is 12.9. The van der Waals surface area contributed by atoms with Crippen LogP contribution in [0.15, 0.2) is 66.9 Å². The van der Waals surface area contributed by atoms with Gasteiger partial charge in [-0.05, 0) is 42.0 Å². The van der Waals surface area contributed by atoms with Crippen molar-refractivity contribution in [2.24, 2.45) is 0 Å². The molecule has 5 nitrogen and oxygen atoms in total. The quantitative estimate of drug-likeness (QED) is 0.700. The fourth-order valence-corrected chi connectivity index (χ4v) is 2.38. The number of pyridine rings is 1. The highest BCUT2D eigenvalue weighted by Crippen LogP contribution is 2.21. The SMILES string of the molecule is COc1cccc(Nc2ccc(NC(=O)Cc3ccc(F)cc3)cn2)c1. The highest BCUT2D eigenvalue weighted by Gasteiger charge is 2.05. The van der Waals surface area contributed by atoms with Crippen LogP contribution in [-0.4, -0.2) is 18.0 Å². The molecule has 1 aromatic heterocycles. The van der Waals surface area contributed by atoms with Gasteiger partial charge < -0.3 is 15.4 Å². The Hall–Kier alpha value is -3.41. The van der Waals surface area contributed by atoms with Gasteiger partial charge in [0.1, 0.15) is 17.4 Å². The molecule has 2 aromatic carbocycles. The molecule has 0 saturated carbocycles. The summed E-state index contributed by atoms with van der Waals surface area (Å²) in [5.74, 6) is 0.888. The van der Waals surface area contributed by atoms with Crippen LogP contribution in [0, 0.1) is 5.82 Å². The zero-order chi connectivity index (χ0) is 18.4. The average molecular weight is 351 g/mol. The van der Waals surface area contributed by atoms with Gasteiger partial charge in [0.05, 0.1) is 25.4 Å². The number of aromatic nitrogens is 1. The molecule has 3 rings (SSSR count). The van der Waals surface area contributed by atoms with E-state index in [0.29, 0.717) is 11.5 Å². The molecular weight excluding hydrogens is 333 g/mol. The predicted molar refractivity (Wildman–Crippen MR) is 99.2 cm³/mol. The Morgan fingerprint density at radius 1 is 1.08 bits per heavy atom. The number of amides is 1. The Balaban J connectivity index is 1.58. The summed E-state index contributed by atoms with van der Waals surface area (Å²) in [5, 5.41) is 5.94. The maximum atomic E-state index is 12.9. The molecule has 6 heteroatoms. The second-order valence-electron chi connectivity index (χ2n) is 5.64. The fraction of sp³-hybridized carbons (Fsp3) is 0.100. The molecule has 0 bridgehead atoms. The summed E-state index contributed by atoms with van der Waals surface area (Å²) >= 11 is 0. The maximum Gasteiger partial charge on any atom is 0.228 e. The second kappa shape index (κ2) is 8.11. The molecule has 0 aliphatic heterocycles. The van der Waals surface area contributed by atoms with E-state index in [0.717, 1.165) is 17.0 Å². The van der Waals surface area contributed by atoms with Gasteiger partial charge >= 0.3 is 0 Å². The van der Waals surface area contributed by atoms with Crippen molar-refractivity contribution in [1.29, 1.82) is 0 Å². The van der Waals surface area contributed by atoms with Crippen LogP contribution in [-0.2, 0) is 11.2 Å². The first-order valence-electron chi connectivity index (χ1n) is 8.04. The third kappa shape index (κ3) is 4.80. The lowest BCUT2D eigenvalue weighted by Crippen LogP contribution is -2.14. The second-order valence-corrected chi connectivity index (χ2v) is 5.64. The highest BCUT2D eigenvalue weighted by atomic mass is 19.1. The minimum absolute atomic E-state index is 0.171. The van der Waals surface area contributed by atoms with Crippen molar-refractivity contribution in [1.82, 2.24) is 4.98 Å². The normalized spacial score (nSPS) is 10.2. The van der Waals surface area contributed by atoms with Gasteiger partial charge in [-0.2, -0.15) is 0 Å². The molecule has 1 heterocycles. The summed E-state index contributed by atoms with van der Waals surface area (Å²) in [7, 11) is 1.61. The first-order valence-corrected chi connectivity index (χ1v) is 8.04. The van der Waals surface area contributed by atoms with Gasteiger partial charge in [-0.15, -0.1) is 0 Å². The van der Waals surface area contributed by atoms with E-state index in [-0.39, 0.29) is 18.1 Å². The molecule has 0 unspecified atom stereocenters. The summed E-state index contributed by atoms with van der Waals surface area (Å²) < 4.78 is 18.1. The van der Waals surface area contributed by atoms with Crippen molar-refractivity contribution in [3.8, 4) is 5.75 Å². The van der Waals surface area contributed by atoms with E-state index in [2.05, 4.69) is 15.6 Å². The lowest BCUT2D eigenvalue weighted by Gasteiger charge is -2.09. The van der Waals surface area contributed by atoms with Crippen LogP contribution in [0.1, 0.15) is 5.56 Å². The van der Waals surface area contributed by atoms with E-state index in [1.165, 1.54) is 12.1 Å². The number of hydrogen-bond donors (Lipinski definition) is 2. The van der Waals surface area contributed by atoms with Crippen LogP contribution in [0.4, 0.5) is 21.6 Å². The molecule has 132 valence electrons. The molecule has 0 fully saturated rings. The smallest absolute Gasteiger partial charge is 0.228 e. The van der Waals surface area contributed by atoms with Crippen LogP contribution >= 0.6 is 0 Å². The van der Waals surface area contributed by atoms with E-state index >= 15 is 0 Å². The Morgan fingerprint density at radius 3 is 2.58 bits per heavy atom. The molecule has 3 aromatic rings. The number of carbonyl (C=O) groups is 1. The van der Waals surface area contributed by atoms with Crippen molar-refractivity contribution in [3.05, 3.63) is 78.2 Å². The van der Waals surface area contributed by atoms with Crippen molar-refractivity contribution in [2.75, 3.05) is 17.7 Å². The van der Waals surface area contributed by atoms with E-state index in [9.17, 15) is 9.18 Å². The van der Waals surface area contributed by atoms with Gasteiger partial charge in [0.2, 0.25) is 5.91 Å². The predicted octanol–water partition coefficient (Wildman–Crippen LogP) is 4.15. The number of nitrogens with zero attached hydrogens (tertiary/aromatic N) is 1. The standard InChI is InChI=1S/C20H18FN3O2/c1-26-18-4-2-3-16(12-18)23-19-10-9-17(13-22-19)24-20(25)11-14-5-7-15(21)8-6-14/h2-10,12-13H,11H2,1H3,(H,22,23)(H,24,25). The Bertz CT molecular complexity index is 880. The Kier molecular flexibility index (Phi) is 5.43. The minimum Gasteiger partial charge on any atom is -0.497 e. The van der Waals surface area contributed by atoms with Gasteiger partial charge in [0, 0.05) is 11.8 Å². The van der Waals surface area contributed by atoms with Gasteiger partial charge in [-0.3, -0.25) is 4.79 Å². The molecule has 26 heavy (non-hydrogen) atoms. The average Bonchev–Trinajstić information content (AvgIpc) is 2.65. The number of carbonyl (C=O) groups excluding carboxylic acids is 1. The Labute approximate surface area is 150 Å². The summed E-state index contributed by atoms with van der Waals surface area (Å²) in [6.07, 6.45) is 1.75. The minimum atomic E-state index is -0.322. The molecule has 0 spiro atoms. The highest BCUT2D eigenvalue weighted by molar-refractivity contribution is 5.92. The number of methoxy groups -OCH3 is 1. The summed E-state index contributed by atoms with van der Waals surface area (Å²) in [4.78, 5) is 16.3. The van der Waals surface area contributed by atoms with E-state index in [1.807, 2.05) is 24.3 Å². The third-order valence-electron chi connectivity index (χ3n) is 3.67. The number of benzene rings is 2. The topological polar surface area (TPSA) is 63.2 Å². The summed E-state index contributed by atoms with van der Waals surface area (Å²) in [6, 6.07) is 16.9. The van der Waals surface area contributed by atoms with Crippen LogP contribution in [0.5, 0.6) is 5.75 Å². The lowest BCUT2D eigenvalue weighted by molar-refractivity contribution is -0.115. The van der Waals surface area contributed by atoms with Crippen LogP contribution in [0.3, 0.4) is 0 Å². The zero-order valence-corrected chi connectivity index (χ0v) is 14.2. The molecule has 2 N–H and O–H groups in total. The molecule has 0 saturated heterocycles.